The Kier molecular flexibility index (Phi) is 5.39. The molecule has 7 heteroatoms. The highest BCUT2D eigenvalue weighted by Gasteiger charge is 2.26. The van der Waals surface area contributed by atoms with Gasteiger partial charge in [-0.2, -0.15) is 4.31 Å². The van der Waals surface area contributed by atoms with Crippen LogP contribution in [0.3, 0.4) is 0 Å². The summed E-state index contributed by atoms with van der Waals surface area (Å²) in [7, 11) is -3.82. The first-order valence-electron chi connectivity index (χ1n) is 6.46. The third kappa shape index (κ3) is 3.76. The second kappa shape index (κ2) is 6.91. The number of sulfonamides is 1. The van der Waals surface area contributed by atoms with Crippen molar-refractivity contribution in [2.75, 3.05) is 6.54 Å². The predicted molar refractivity (Wildman–Crippen MR) is 88.3 cm³/mol. The van der Waals surface area contributed by atoms with E-state index >= 15 is 0 Å². The van der Waals surface area contributed by atoms with E-state index in [-0.39, 0.29) is 18.0 Å². The van der Waals surface area contributed by atoms with Crippen molar-refractivity contribution in [3.8, 4) is 0 Å². The second-order valence-corrected chi connectivity index (χ2v) is 8.41. The fourth-order valence-corrected chi connectivity index (χ4v) is 4.80. The number of thiophene rings is 1. The van der Waals surface area contributed by atoms with E-state index in [9.17, 15) is 12.8 Å². The molecule has 0 amide bonds. The summed E-state index contributed by atoms with van der Waals surface area (Å²) in [5.41, 5.74) is 0.500. The Labute approximate surface area is 138 Å². The fraction of sp³-hybridized carbons (Fsp3) is 0.200. The summed E-state index contributed by atoms with van der Waals surface area (Å²) in [6.07, 6.45) is 1.50. The highest BCUT2D eigenvalue weighted by molar-refractivity contribution is 7.89. The first-order valence-corrected chi connectivity index (χ1v) is 9.09. The summed E-state index contributed by atoms with van der Waals surface area (Å²) < 4.78 is 40.9. The van der Waals surface area contributed by atoms with Crippen LogP contribution in [0.1, 0.15) is 10.4 Å². The van der Waals surface area contributed by atoms with Crippen LogP contribution in [-0.2, 0) is 16.6 Å². The Bertz CT molecular complexity index is 787. The van der Waals surface area contributed by atoms with Crippen molar-refractivity contribution >= 4 is 33.0 Å². The molecule has 0 aliphatic rings. The Morgan fingerprint density at radius 3 is 2.68 bits per heavy atom. The average molecular weight is 360 g/mol. The number of benzene rings is 1. The number of aryl methyl sites for hydroxylation is 1. The van der Waals surface area contributed by atoms with Gasteiger partial charge in [0.2, 0.25) is 10.0 Å². The molecule has 1 aromatic heterocycles. The standard InChI is InChI=1S/C15H15ClFNO2S2/c1-3-8-18(10-13-6-7-15(16)21-13)22(19,20)14-9-12(17)5-4-11(14)2/h3-7,9H,1,8,10H2,2H3. The molecule has 0 spiro atoms. The van der Waals surface area contributed by atoms with Crippen molar-refractivity contribution in [1.82, 2.24) is 4.31 Å². The highest BCUT2D eigenvalue weighted by Crippen LogP contribution is 2.27. The van der Waals surface area contributed by atoms with Gasteiger partial charge in [0.15, 0.2) is 0 Å². The van der Waals surface area contributed by atoms with Gasteiger partial charge in [0.05, 0.1) is 9.23 Å². The molecule has 0 aliphatic heterocycles. The molecular weight excluding hydrogens is 345 g/mol. The number of nitrogens with zero attached hydrogens (tertiary/aromatic N) is 1. The minimum atomic E-state index is -3.82. The number of halogens is 2. The van der Waals surface area contributed by atoms with Crippen LogP contribution in [0.4, 0.5) is 4.39 Å². The maximum Gasteiger partial charge on any atom is 0.244 e. The molecule has 2 rings (SSSR count). The molecule has 118 valence electrons. The molecule has 3 nitrogen and oxygen atoms in total. The van der Waals surface area contributed by atoms with E-state index in [2.05, 4.69) is 6.58 Å². The van der Waals surface area contributed by atoms with Crippen molar-refractivity contribution in [3.05, 3.63) is 63.6 Å². The van der Waals surface area contributed by atoms with Crippen LogP contribution in [-0.4, -0.2) is 19.3 Å². The molecular formula is C15H15ClFNO2S2. The number of hydrogen-bond acceptors (Lipinski definition) is 3. The van der Waals surface area contributed by atoms with Crippen molar-refractivity contribution in [1.29, 1.82) is 0 Å². The summed E-state index contributed by atoms with van der Waals surface area (Å²) in [6.45, 7) is 5.53. The first kappa shape index (κ1) is 17.1. The monoisotopic (exact) mass is 359 g/mol. The summed E-state index contributed by atoms with van der Waals surface area (Å²) in [6, 6.07) is 7.23. The van der Waals surface area contributed by atoms with Gasteiger partial charge in [-0.05, 0) is 36.8 Å². The topological polar surface area (TPSA) is 37.4 Å². The third-order valence-electron chi connectivity index (χ3n) is 3.06. The normalized spacial score (nSPS) is 11.8. The molecule has 0 bridgehead atoms. The molecule has 0 fully saturated rings. The molecule has 2 aromatic rings. The number of rotatable bonds is 6. The van der Waals surface area contributed by atoms with E-state index in [0.717, 1.165) is 10.9 Å². The van der Waals surface area contributed by atoms with E-state index in [0.29, 0.717) is 9.90 Å². The summed E-state index contributed by atoms with van der Waals surface area (Å²) in [5, 5.41) is 0. The zero-order valence-corrected chi connectivity index (χ0v) is 14.3. The SMILES string of the molecule is C=CCN(Cc1ccc(Cl)s1)S(=O)(=O)c1cc(F)ccc1C. The average Bonchev–Trinajstić information content (AvgIpc) is 2.86. The third-order valence-corrected chi connectivity index (χ3v) is 6.23. The minimum absolute atomic E-state index is 0.0306. The van der Waals surface area contributed by atoms with Gasteiger partial charge < -0.3 is 0 Å². The molecule has 0 N–H and O–H groups in total. The lowest BCUT2D eigenvalue weighted by molar-refractivity contribution is 0.440. The van der Waals surface area contributed by atoms with Crippen molar-refractivity contribution in [3.63, 3.8) is 0 Å². The summed E-state index contributed by atoms with van der Waals surface area (Å²) in [4.78, 5) is 0.779. The van der Waals surface area contributed by atoms with Crippen LogP contribution in [0.25, 0.3) is 0 Å². The van der Waals surface area contributed by atoms with Gasteiger partial charge in [0, 0.05) is 18.0 Å². The quantitative estimate of drug-likeness (QED) is 0.724. The molecule has 0 saturated carbocycles. The molecule has 0 atom stereocenters. The molecule has 22 heavy (non-hydrogen) atoms. The summed E-state index contributed by atoms with van der Waals surface area (Å²) >= 11 is 7.19. The van der Waals surface area contributed by atoms with Crippen LogP contribution in [0.2, 0.25) is 4.34 Å². The van der Waals surface area contributed by atoms with E-state index in [1.54, 1.807) is 19.1 Å². The van der Waals surface area contributed by atoms with Gasteiger partial charge in [0.1, 0.15) is 5.82 Å². The van der Waals surface area contributed by atoms with E-state index in [1.165, 1.54) is 33.9 Å². The van der Waals surface area contributed by atoms with Crippen molar-refractivity contribution in [2.45, 2.75) is 18.4 Å². The molecule has 1 heterocycles. The number of hydrogen-bond donors (Lipinski definition) is 0. The van der Waals surface area contributed by atoms with Crippen LogP contribution >= 0.6 is 22.9 Å². The Balaban J connectivity index is 2.41. The maximum absolute atomic E-state index is 13.4. The molecule has 0 saturated heterocycles. The zero-order chi connectivity index (χ0) is 16.3. The van der Waals surface area contributed by atoms with E-state index in [4.69, 9.17) is 11.6 Å². The summed E-state index contributed by atoms with van der Waals surface area (Å²) in [5.74, 6) is -0.582. The molecule has 0 aliphatic carbocycles. The van der Waals surface area contributed by atoms with Crippen LogP contribution < -0.4 is 0 Å². The van der Waals surface area contributed by atoms with Gasteiger partial charge in [-0.3, -0.25) is 0 Å². The zero-order valence-electron chi connectivity index (χ0n) is 11.9. The first-order chi connectivity index (χ1) is 10.3. The lowest BCUT2D eigenvalue weighted by atomic mass is 10.2. The van der Waals surface area contributed by atoms with Crippen LogP contribution in [0.15, 0.2) is 47.9 Å². The maximum atomic E-state index is 13.4. The van der Waals surface area contributed by atoms with Gasteiger partial charge >= 0.3 is 0 Å². The Morgan fingerprint density at radius 2 is 2.09 bits per heavy atom. The van der Waals surface area contributed by atoms with Gasteiger partial charge in [0.25, 0.3) is 0 Å². The predicted octanol–water partition coefficient (Wildman–Crippen LogP) is 4.23. The van der Waals surface area contributed by atoms with Gasteiger partial charge in [-0.25, -0.2) is 12.8 Å². The molecule has 0 unspecified atom stereocenters. The van der Waals surface area contributed by atoms with Crippen molar-refractivity contribution < 1.29 is 12.8 Å². The smallest absolute Gasteiger partial charge is 0.207 e. The van der Waals surface area contributed by atoms with Crippen molar-refractivity contribution in [2.24, 2.45) is 0 Å². The Morgan fingerprint density at radius 1 is 1.36 bits per heavy atom. The van der Waals surface area contributed by atoms with Crippen LogP contribution in [0, 0.1) is 12.7 Å². The van der Waals surface area contributed by atoms with E-state index in [1.807, 2.05) is 0 Å². The minimum Gasteiger partial charge on any atom is -0.207 e. The van der Waals surface area contributed by atoms with E-state index < -0.39 is 15.8 Å². The second-order valence-electron chi connectivity index (χ2n) is 4.70. The Hall–Kier alpha value is -1.21. The largest absolute Gasteiger partial charge is 0.244 e. The van der Waals surface area contributed by atoms with Crippen LogP contribution in [0.5, 0.6) is 0 Å². The lowest BCUT2D eigenvalue weighted by Crippen LogP contribution is -2.31. The van der Waals surface area contributed by atoms with Gasteiger partial charge in [-0.15, -0.1) is 17.9 Å². The fourth-order valence-electron chi connectivity index (χ4n) is 1.99. The molecule has 0 radical (unpaired) electrons. The molecule has 1 aromatic carbocycles. The lowest BCUT2D eigenvalue weighted by Gasteiger charge is -2.21. The van der Waals surface area contributed by atoms with Gasteiger partial charge in [-0.1, -0.05) is 23.7 Å². The highest BCUT2D eigenvalue weighted by atomic mass is 35.5.